The van der Waals surface area contributed by atoms with E-state index < -0.39 is 29.6 Å². The molecule has 0 spiro atoms. The van der Waals surface area contributed by atoms with Gasteiger partial charge in [-0.15, -0.1) is 0 Å². The summed E-state index contributed by atoms with van der Waals surface area (Å²) in [5.74, 6) is -1.87. The zero-order valence-electron chi connectivity index (χ0n) is 19.7. The van der Waals surface area contributed by atoms with E-state index in [1.807, 2.05) is 62.4 Å². The number of carbonyl (C=O) groups excluding carboxylic acids is 2. The second kappa shape index (κ2) is 10.7. The van der Waals surface area contributed by atoms with Crippen molar-refractivity contribution in [2.45, 2.75) is 51.1 Å². The Hall–Kier alpha value is -3.39. The number of fused-ring (bicyclic) bond motifs is 3. The highest BCUT2D eigenvalue weighted by molar-refractivity contribution is 5.87. The molecule has 0 bridgehead atoms. The van der Waals surface area contributed by atoms with Crippen LogP contribution in [-0.4, -0.2) is 53.0 Å². The highest BCUT2D eigenvalue weighted by Gasteiger charge is 2.34. The summed E-state index contributed by atoms with van der Waals surface area (Å²) in [5.41, 5.74) is 3.41. The average Bonchev–Trinajstić information content (AvgIpc) is 3.13. The first-order valence-electron chi connectivity index (χ1n) is 11.4. The Morgan fingerprint density at radius 3 is 2.09 bits per heavy atom. The summed E-state index contributed by atoms with van der Waals surface area (Å²) in [4.78, 5) is 36.6. The van der Waals surface area contributed by atoms with Gasteiger partial charge in [0, 0.05) is 12.3 Å². The highest BCUT2D eigenvalue weighted by Crippen LogP contribution is 2.44. The second-order valence-electron chi connectivity index (χ2n) is 9.17. The van der Waals surface area contributed by atoms with E-state index in [0.717, 1.165) is 22.3 Å². The molecule has 0 aromatic heterocycles. The minimum absolute atomic E-state index is 0.0769. The predicted molar refractivity (Wildman–Crippen MR) is 127 cm³/mol. The molecule has 3 rings (SSSR count). The van der Waals surface area contributed by atoms with Crippen LogP contribution in [0.3, 0.4) is 0 Å². The Kier molecular flexibility index (Phi) is 7.94. The van der Waals surface area contributed by atoms with Crippen molar-refractivity contribution < 1.29 is 29.3 Å². The summed E-state index contributed by atoms with van der Waals surface area (Å²) in [7, 11) is 0. The van der Waals surface area contributed by atoms with E-state index >= 15 is 0 Å². The fourth-order valence-corrected chi connectivity index (χ4v) is 4.05. The van der Waals surface area contributed by atoms with Gasteiger partial charge in [-0.3, -0.25) is 9.59 Å². The topological polar surface area (TPSA) is 125 Å². The zero-order valence-corrected chi connectivity index (χ0v) is 19.7. The van der Waals surface area contributed by atoms with E-state index in [-0.39, 0.29) is 37.9 Å². The van der Waals surface area contributed by atoms with Gasteiger partial charge in [0.25, 0.3) is 0 Å². The van der Waals surface area contributed by atoms with Crippen LogP contribution in [0.2, 0.25) is 0 Å². The first-order valence-corrected chi connectivity index (χ1v) is 11.4. The number of rotatable bonds is 10. The van der Waals surface area contributed by atoms with Crippen LogP contribution < -0.4 is 10.6 Å². The molecule has 1 aliphatic rings. The molecule has 2 aromatic carbocycles. The number of carbonyl (C=O) groups is 3. The molecule has 182 valence electrons. The quantitative estimate of drug-likeness (QED) is 0.424. The van der Waals surface area contributed by atoms with Gasteiger partial charge < -0.3 is 25.6 Å². The molecule has 2 aromatic rings. The van der Waals surface area contributed by atoms with E-state index in [1.54, 1.807) is 6.92 Å². The maximum absolute atomic E-state index is 12.9. The number of aliphatic carboxylic acids is 1. The van der Waals surface area contributed by atoms with Gasteiger partial charge in [0.2, 0.25) is 5.91 Å². The monoisotopic (exact) mass is 468 g/mol. The number of hydrogen-bond acceptors (Lipinski definition) is 5. The van der Waals surface area contributed by atoms with Crippen molar-refractivity contribution in [2.24, 2.45) is 5.92 Å². The Morgan fingerprint density at radius 1 is 1.03 bits per heavy atom. The number of carboxylic acids is 1. The predicted octanol–water partition coefficient (Wildman–Crippen LogP) is 3.28. The number of benzene rings is 2. The number of nitrogens with one attached hydrogen (secondary N) is 2. The smallest absolute Gasteiger partial charge is 0.407 e. The van der Waals surface area contributed by atoms with Crippen LogP contribution in [0, 0.1) is 5.92 Å². The maximum Gasteiger partial charge on any atom is 0.407 e. The molecule has 0 heterocycles. The lowest BCUT2D eigenvalue weighted by Gasteiger charge is -2.34. The SMILES string of the molecule is CC(C)C(C)(CO)NC(=O)C(CCC(=O)O)NC(=O)OCC1c2ccccc2-c2ccccc21. The third-order valence-corrected chi connectivity index (χ3v) is 6.61. The number of alkyl carbamates (subject to hydrolysis) is 1. The van der Waals surface area contributed by atoms with Gasteiger partial charge >= 0.3 is 12.1 Å². The molecule has 0 radical (unpaired) electrons. The van der Waals surface area contributed by atoms with Gasteiger partial charge in [-0.1, -0.05) is 62.4 Å². The molecule has 2 atom stereocenters. The molecule has 1 aliphatic carbocycles. The molecule has 34 heavy (non-hydrogen) atoms. The van der Waals surface area contributed by atoms with E-state index in [4.69, 9.17) is 9.84 Å². The van der Waals surface area contributed by atoms with Gasteiger partial charge in [-0.25, -0.2) is 4.79 Å². The maximum atomic E-state index is 12.9. The first-order chi connectivity index (χ1) is 16.2. The Balaban J connectivity index is 1.69. The van der Waals surface area contributed by atoms with Crippen molar-refractivity contribution in [3.63, 3.8) is 0 Å². The molecular formula is C26H32N2O6. The number of ether oxygens (including phenoxy) is 1. The van der Waals surface area contributed by atoms with Gasteiger partial charge in [-0.05, 0) is 41.5 Å². The van der Waals surface area contributed by atoms with Gasteiger partial charge in [0.1, 0.15) is 12.6 Å². The van der Waals surface area contributed by atoms with E-state index in [0.29, 0.717) is 0 Å². The standard InChI is InChI=1S/C26H32N2O6/c1-16(2)26(3,15-29)28-24(32)22(12-13-23(30)31)27-25(33)34-14-21-19-10-6-4-8-17(19)18-9-5-7-11-20(18)21/h4-11,16,21-22,29H,12-15H2,1-3H3,(H,27,33)(H,28,32)(H,30,31). The third-order valence-electron chi connectivity index (χ3n) is 6.61. The van der Waals surface area contributed by atoms with Crippen molar-refractivity contribution in [1.29, 1.82) is 0 Å². The van der Waals surface area contributed by atoms with Crippen LogP contribution in [0.1, 0.15) is 50.7 Å². The van der Waals surface area contributed by atoms with Crippen LogP contribution >= 0.6 is 0 Å². The third kappa shape index (κ3) is 5.56. The minimum atomic E-state index is -1.11. The highest BCUT2D eigenvalue weighted by atomic mass is 16.5. The molecule has 4 N–H and O–H groups in total. The zero-order chi connectivity index (χ0) is 24.9. The van der Waals surface area contributed by atoms with Crippen LogP contribution in [0.5, 0.6) is 0 Å². The molecule has 2 unspecified atom stereocenters. The van der Waals surface area contributed by atoms with Gasteiger partial charge in [-0.2, -0.15) is 0 Å². The fraction of sp³-hybridized carbons (Fsp3) is 0.423. The van der Waals surface area contributed by atoms with Crippen molar-refractivity contribution in [3.8, 4) is 11.1 Å². The molecule has 8 nitrogen and oxygen atoms in total. The second-order valence-corrected chi connectivity index (χ2v) is 9.17. The van der Waals surface area contributed by atoms with Crippen LogP contribution in [-0.2, 0) is 14.3 Å². The first kappa shape index (κ1) is 25.2. The Labute approximate surface area is 199 Å². The number of amides is 2. The summed E-state index contributed by atoms with van der Waals surface area (Å²) in [6.07, 6.45) is -1.22. The molecule has 0 aliphatic heterocycles. The van der Waals surface area contributed by atoms with Crippen LogP contribution in [0.4, 0.5) is 4.79 Å². The van der Waals surface area contributed by atoms with Gasteiger partial charge in [0.15, 0.2) is 0 Å². The largest absolute Gasteiger partial charge is 0.481 e. The summed E-state index contributed by atoms with van der Waals surface area (Å²) < 4.78 is 5.50. The average molecular weight is 469 g/mol. The number of hydrogen-bond donors (Lipinski definition) is 4. The summed E-state index contributed by atoms with van der Waals surface area (Å²) in [6, 6.07) is 14.8. The molecule has 2 amide bonds. The lowest BCUT2D eigenvalue weighted by atomic mass is 9.89. The normalized spacial score (nSPS) is 15.1. The molecular weight excluding hydrogens is 436 g/mol. The number of aliphatic hydroxyl groups excluding tert-OH is 1. The summed E-state index contributed by atoms with van der Waals surface area (Å²) in [5, 5.41) is 24.0. The number of aliphatic hydroxyl groups is 1. The van der Waals surface area contributed by atoms with E-state index in [9.17, 15) is 19.5 Å². The Morgan fingerprint density at radius 2 is 1.59 bits per heavy atom. The lowest BCUT2D eigenvalue weighted by Crippen LogP contribution is -2.58. The summed E-state index contributed by atoms with van der Waals surface area (Å²) >= 11 is 0. The number of carboxylic acid groups (broad SMARTS) is 1. The lowest BCUT2D eigenvalue weighted by molar-refractivity contribution is -0.137. The minimum Gasteiger partial charge on any atom is -0.481 e. The molecule has 0 saturated carbocycles. The van der Waals surface area contributed by atoms with E-state index in [1.165, 1.54) is 0 Å². The van der Waals surface area contributed by atoms with Crippen molar-refractivity contribution in [2.75, 3.05) is 13.2 Å². The molecule has 0 saturated heterocycles. The van der Waals surface area contributed by atoms with Crippen LogP contribution in [0.25, 0.3) is 11.1 Å². The molecule has 0 fully saturated rings. The van der Waals surface area contributed by atoms with Crippen molar-refractivity contribution in [3.05, 3.63) is 59.7 Å². The van der Waals surface area contributed by atoms with Crippen molar-refractivity contribution in [1.82, 2.24) is 10.6 Å². The van der Waals surface area contributed by atoms with E-state index in [2.05, 4.69) is 10.6 Å². The Bertz CT molecular complexity index is 1010. The fourth-order valence-electron chi connectivity index (χ4n) is 4.05. The van der Waals surface area contributed by atoms with Gasteiger partial charge in [0.05, 0.1) is 12.1 Å². The van der Waals surface area contributed by atoms with Crippen LogP contribution in [0.15, 0.2) is 48.5 Å². The summed E-state index contributed by atoms with van der Waals surface area (Å²) in [6.45, 7) is 5.17. The van der Waals surface area contributed by atoms with Crippen molar-refractivity contribution >= 4 is 18.0 Å². The molecule has 8 heteroatoms.